The number of hydrogen-bond donors (Lipinski definition) is 0. The summed E-state index contributed by atoms with van der Waals surface area (Å²) in [6.45, 7) is 5.99. The zero-order valence-electron chi connectivity index (χ0n) is 9.00. The molecule has 0 aromatic carbocycles. The van der Waals surface area contributed by atoms with Gasteiger partial charge < -0.3 is 4.90 Å². The molecule has 5 nitrogen and oxygen atoms in total. The van der Waals surface area contributed by atoms with Crippen LogP contribution in [0.2, 0.25) is 0 Å². The van der Waals surface area contributed by atoms with Crippen LogP contribution in [0.15, 0.2) is 30.9 Å². The molecule has 0 saturated carbocycles. The molecule has 1 aliphatic rings. The maximum Gasteiger partial charge on any atom is 0.175 e. The van der Waals surface area contributed by atoms with Gasteiger partial charge in [-0.1, -0.05) is 12.2 Å². The zero-order chi connectivity index (χ0) is 11.0. The molecular formula is C11H13N5. The van der Waals surface area contributed by atoms with Gasteiger partial charge in [0.2, 0.25) is 0 Å². The summed E-state index contributed by atoms with van der Waals surface area (Å²) in [5.41, 5.74) is 2.12. The predicted molar refractivity (Wildman–Crippen MR) is 61.4 cm³/mol. The molecule has 1 aliphatic heterocycles. The van der Waals surface area contributed by atoms with Crippen LogP contribution in [0.1, 0.15) is 12.8 Å². The molecular weight excluding hydrogens is 202 g/mol. The Morgan fingerprint density at radius 1 is 1.19 bits per heavy atom. The van der Waals surface area contributed by atoms with Gasteiger partial charge in [-0.25, -0.2) is 4.98 Å². The lowest BCUT2D eigenvalue weighted by atomic mass is 10.1. The highest BCUT2D eigenvalue weighted by atomic mass is 15.4. The molecule has 5 heteroatoms. The first kappa shape index (κ1) is 9.33. The highest BCUT2D eigenvalue weighted by molar-refractivity contribution is 5.47. The number of piperidine rings is 1. The Balaban J connectivity index is 1.99. The van der Waals surface area contributed by atoms with Crippen LogP contribution >= 0.6 is 0 Å². The van der Waals surface area contributed by atoms with Crippen molar-refractivity contribution in [2.24, 2.45) is 0 Å². The number of fused-ring (bicyclic) bond motifs is 1. The van der Waals surface area contributed by atoms with Crippen LogP contribution in [0.5, 0.6) is 0 Å². The Morgan fingerprint density at radius 3 is 2.81 bits per heavy atom. The molecule has 0 atom stereocenters. The third-order valence-corrected chi connectivity index (χ3v) is 2.97. The summed E-state index contributed by atoms with van der Waals surface area (Å²) in [6, 6.07) is 0. The second kappa shape index (κ2) is 3.59. The number of rotatable bonds is 1. The van der Waals surface area contributed by atoms with Gasteiger partial charge in [-0.2, -0.15) is 9.61 Å². The molecule has 0 radical (unpaired) electrons. The third kappa shape index (κ3) is 1.44. The smallest absolute Gasteiger partial charge is 0.175 e. The summed E-state index contributed by atoms with van der Waals surface area (Å²) >= 11 is 0. The van der Waals surface area contributed by atoms with Gasteiger partial charge in [0.05, 0.1) is 12.4 Å². The quantitative estimate of drug-likeness (QED) is 0.672. The summed E-state index contributed by atoms with van der Waals surface area (Å²) in [7, 11) is 0. The molecule has 0 spiro atoms. The number of aromatic nitrogens is 4. The van der Waals surface area contributed by atoms with Gasteiger partial charge in [0, 0.05) is 13.1 Å². The minimum absolute atomic E-state index is 0.793. The Hall–Kier alpha value is -1.91. The van der Waals surface area contributed by atoms with Gasteiger partial charge in [0.1, 0.15) is 6.33 Å². The van der Waals surface area contributed by atoms with E-state index in [-0.39, 0.29) is 0 Å². The van der Waals surface area contributed by atoms with Crippen molar-refractivity contribution in [3.05, 3.63) is 30.9 Å². The van der Waals surface area contributed by atoms with Crippen molar-refractivity contribution in [3.8, 4) is 0 Å². The molecule has 0 amide bonds. The van der Waals surface area contributed by atoms with Gasteiger partial charge in [-0.3, -0.25) is 4.98 Å². The average molecular weight is 215 g/mol. The fraction of sp³-hybridized carbons (Fsp3) is 0.364. The van der Waals surface area contributed by atoms with Crippen LogP contribution in [0.3, 0.4) is 0 Å². The Kier molecular flexibility index (Phi) is 2.09. The summed E-state index contributed by atoms with van der Waals surface area (Å²) in [4.78, 5) is 10.6. The van der Waals surface area contributed by atoms with E-state index in [0.29, 0.717) is 0 Å². The lowest BCUT2D eigenvalue weighted by Crippen LogP contribution is -2.32. The molecule has 0 unspecified atom stereocenters. The van der Waals surface area contributed by atoms with E-state index in [0.717, 1.165) is 37.4 Å². The second-order valence-electron chi connectivity index (χ2n) is 4.03. The van der Waals surface area contributed by atoms with E-state index in [1.807, 2.05) is 10.7 Å². The first-order chi connectivity index (χ1) is 7.84. The van der Waals surface area contributed by atoms with Crippen LogP contribution in [-0.2, 0) is 0 Å². The Labute approximate surface area is 93.4 Å². The van der Waals surface area contributed by atoms with Gasteiger partial charge >= 0.3 is 0 Å². The van der Waals surface area contributed by atoms with Crippen molar-refractivity contribution in [2.45, 2.75) is 12.8 Å². The Bertz CT molecular complexity index is 520. The highest BCUT2D eigenvalue weighted by Gasteiger charge is 2.16. The minimum Gasteiger partial charge on any atom is -0.355 e. The van der Waals surface area contributed by atoms with E-state index < -0.39 is 0 Å². The monoisotopic (exact) mass is 215 g/mol. The second-order valence-corrected chi connectivity index (χ2v) is 4.03. The summed E-state index contributed by atoms with van der Waals surface area (Å²) < 4.78 is 1.83. The highest BCUT2D eigenvalue weighted by Crippen LogP contribution is 2.20. The van der Waals surface area contributed by atoms with Crippen molar-refractivity contribution >= 4 is 11.5 Å². The average Bonchev–Trinajstić information content (AvgIpc) is 2.78. The van der Waals surface area contributed by atoms with E-state index in [4.69, 9.17) is 0 Å². The molecule has 2 aromatic heterocycles. The van der Waals surface area contributed by atoms with Crippen LogP contribution < -0.4 is 4.90 Å². The normalized spacial score (nSPS) is 17.0. The summed E-state index contributed by atoms with van der Waals surface area (Å²) in [5, 5.41) is 4.21. The van der Waals surface area contributed by atoms with Crippen LogP contribution in [0, 0.1) is 0 Å². The SMILES string of the molecule is C=C1CCN(c2cncc3ncnn23)CC1. The van der Waals surface area contributed by atoms with Crippen molar-refractivity contribution in [1.29, 1.82) is 0 Å². The van der Waals surface area contributed by atoms with Crippen molar-refractivity contribution in [2.75, 3.05) is 18.0 Å². The van der Waals surface area contributed by atoms with E-state index in [2.05, 4.69) is 26.5 Å². The molecule has 82 valence electrons. The van der Waals surface area contributed by atoms with Crippen LogP contribution in [-0.4, -0.2) is 32.7 Å². The maximum absolute atomic E-state index is 4.21. The molecule has 1 fully saturated rings. The van der Waals surface area contributed by atoms with Gasteiger partial charge in [0.25, 0.3) is 0 Å². The zero-order valence-corrected chi connectivity index (χ0v) is 9.00. The summed E-state index contributed by atoms with van der Waals surface area (Å²) in [6.07, 6.45) is 7.22. The van der Waals surface area contributed by atoms with Crippen molar-refractivity contribution < 1.29 is 0 Å². The molecule has 2 aromatic rings. The van der Waals surface area contributed by atoms with E-state index in [1.165, 1.54) is 5.57 Å². The molecule has 16 heavy (non-hydrogen) atoms. The first-order valence-corrected chi connectivity index (χ1v) is 5.40. The van der Waals surface area contributed by atoms with E-state index in [1.54, 1.807) is 12.5 Å². The van der Waals surface area contributed by atoms with Gasteiger partial charge in [-0.15, -0.1) is 0 Å². The lowest BCUT2D eigenvalue weighted by molar-refractivity contribution is 0.666. The van der Waals surface area contributed by atoms with Crippen molar-refractivity contribution in [3.63, 3.8) is 0 Å². The third-order valence-electron chi connectivity index (χ3n) is 2.97. The molecule has 0 bridgehead atoms. The molecule has 1 saturated heterocycles. The first-order valence-electron chi connectivity index (χ1n) is 5.40. The predicted octanol–water partition coefficient (Wildman–Crippen LogP) is 1.28. The van der Waals surface area contributed by atoms with Crippen LogP contribution in [0.25, 0.3) is 5.65 Å². The fourth-order valence-electron chi connectivity index (χ4n) is 2.01. The number of nitrogens with zero attached hydrogens (tertiary/aromatic N) is 5. The molecule has 3 rings (SSSR count). The largest absolute Gasteiger partial charge is 0.355 e. The number of anilines is 1. The number of hydrogen-bond acceptors (Lipinski definition) is 4. The molecule has 0 aliphatic carbocycles. The van der Waals surface area contributed by atoms with E-state index in [9.17, 15) is 0 Å². The maximum atomic E-state index is 4.21. The van der Waals surface area contributed by atoms with Gasteiger partial charge in [-0.05, 0) is 12.8 Å². The Morgan fingerprint density at radius 2 is 2.00 bits per heavy atom. The lowest BCUT2D eigenvalue weighted by Gasteiger charge is -2.29. The summed E-state index contributed by atoms with van der Waals surface area (Å²) in [5.74, 6) is 1.02. The molecule has 0 N–H and O–H groups in total. The standard InChI is InChI=1S/C11H13N5/c1-9-2-4-15(5-3-9)11-7-12-6-10-13-8-14-16(10)11/h6-8H,1-5H2. The van der Waals surface area contributed by atoms with E-state index >= 15 is 0 Å². The topological polar surface area (TPSA) is 46.3 Å². The van der Waals surface area contributed by atoms with Crippen molar-refractivity contribution in [1.82, 2.24) is 19.6 Å². The minimum atomic E-state index is 0.793. The fourth-order valence-corrected chi connectivity index (χ4v) is 2.01. The van der Waals surface area contributed by atoms with Gasteiger partial charge in [0.15, 0.2) is 11.5 Å². The van der Waals surface area contributed by atoms with Crippen LogP contribution in [0.4, 0.5) is 5.82 Å². The molecule has 3 heterocycles.